The van der Waals surface area contributed by atoms with E-state index in [0.29, 0.717) is 0 Å². The quantitative estimate of drug-likeness (QED) is 0.768. The normalized spacial score (nSPS) is 28.3. The maximum atomic E-state index is 5.78. The summed E-state index contributed by atoms with van der Waals surface area (Å²) in [6.45, 7) is 11.9. The van der Waals surface area contributed by atoms with E-state index in [1.807, 2.05) is 0 Å². The highest BCUT2D eigenvalue weighted by molar-refractivity contribution is 4.92. The van der Waals surface area contributed by atoms with Crippen molar-refractivity contribution in [3.8, 4) is 0 Å². The van der Waals surface area contributed by atoms with Crippen LogP contribution in [0.25, 0.3) is 0 Å². The average Bonchev–Trinajstić information content (AvgIpc) is 3.00. The molecular formula is C13H26N2O. The minimum absolute atomic E-state index is 0.000189. The zero-order chi connectivity index (χ0) is 11.6. The Bertz CT molecular complexity index is 226. The van der Waals surface area contributed by atoms with Crippen molar-refractivity contribution in [3.63, 3.8) is 0 Å². The third kappa shape index (κ3) is 3.44. The maximum Gasteiger partial charge on any atom is 0.0752 e. The predicted molar refractivity (Wildman–Crippen MR) is 66.7 cm³/mol. The zero-order valence-corrected chi connectivity index (χ0v) is 11.0. The van der Waals surface area contributed by atoms with Crippen LogP contribution in [0.1, 0.15) is 33.6 Å². The average molecular weight is 226 g/mol. The van der Waals surface area contributed by atoms with E-state index in [1.165, 1.54) is 25.9 Å². The second-order valence-electron chi connectivity index (χ2n) is 5.83. The van der Waals surface area contributed by atoms with Crippen LogP contribution in [0.3, 0.4) is 0 Å². The lowest BCUT2D eigenvalue weighted by Crippen LogP contribution is -2.55. The van der Waals surface area contributed by atoms with Crippen LogP contribution in [0, 0.1) is 5.92 Å². The van der Waals surface area contributed by atoms with E-state index in [-0.39, 0.29) is 5.60 Å². The number of rotatable bonds is 5. The SMILES string of the molecule is CCOC(C)(C)CN1CCNC(C2CC2)C1. The molecule has 2 fully saturated rings. The van der Waals surface area contributed by atoms with Gasteiger partial charge in [0.05, 0.1) is 5.60 Å². The summed E-state index contributed by atoms with van der Waals surface area (Å²) in [5.74, 6) is 0.956. The summed E-state index contributed by atoms with van der Waals surface area (Å²) >= 11 is 0. The molecule has 1 unspecified atom stereocenters. The molecule has 1 aliphatic heterocycles. The standard InChI is InChI=1S/C13H26N2O/c1-4-16-13(2,3)10-15-8-7-14-12(9-15)11-5-6-11/h11-12,14H,4-10H2,1-3H3. The van der Waals surface area contributed by atoms with E-state index >= 15 is 0 Å². The van der Waals surface area contributed by atoms with Crippen LogP contribution >= 0.6 is 0 Å². The molecule has 0 aromatic rings. The van der Waals surface area contributed by atoms with E-state index in [2.05, 4.69) is 31.0 Å². The third-order valence-electron chi connectivity index (χ3n) is 3.62. The monoisotopic (exact) mass is 226 g/mol. The molecule has 1 saturated carbocycles. The van der Waals surface area contributed by atoms with E-state index in [0.717, 1.165) is 31.7 Å². The molecule has 3 nitrogen and oxygen atoms in total. The highest BCUT2D eigenvalue weighted by Gasteiger charge is 2.35. The Labute approximate surface area is 99.5 Å². The Morgan fingerprint density at radius 2 is 2.12 bits per heavy atom. The van der Waals surface area contributed by atoms with Crippen molar-refractivity contribution in [1.82, 2.24) is 10.2 Å². The van der Waals surface area contributed by atoms with Gasteiger partial charge in [0.2, 0.25) is 0 Å². The van der Waals surface area contributed by atoms with E-state index in [9.17, 15) is 0 Å². The largest absolute Gasteiger partial charge is 0.375 e. The Morgan fingerprint density at radius 1 is 1.38 bits per heavy atom. The Hall–Kier alpha value is -0.120. The highest BCUT2D eigenvalue weighted by Crippen LogP contribution is 2.33. The van der Waals surface area contributed by atoms with Gasteiger partial charge in [-0.1, -0.05) is 0 Å². The number of nitrogens with zero attached hydrogens (tertiary/aromatic N) is 1. The Balaban J connectivity index is 1.79. The van der Waals surface area contributed by atoms with Crippen molar-refractivity contribution in [2.24, 2.45) is 5.92 Å². The molecule has 2 rings (SSSR count). The van der Waals surface area contributed by atoms with Gasteiger partial charge in [-0.2, -0.15) is 0 Å². The fourth-order valence-electron chi connectivity index (χ4n) is 2.77. The summed E-state index contributed by atoms with van der Waals surface area (Å²) in [7, 11) is 0. The van der Waals surface area contributed by atoms with Crippen molar-refractivity contribution < 1.29 is 4.74 Å². The summed E-state index contributed by atoms with van der Waals surface area (Å²) in [4.78, 5) is 2.56. The predicted octanol–water partition coefficient (Wildman–Crippen LogP) is 1.49. The second kappa shape index (κ2) is 5.03. The van der Waals surface area contributed by atoms with E-state index in [1.54, 1.807) is 0 Å². The molecule has 3 heteroatoms. The molecule has 0 aromatic heterocycles. The number of hydrogen-bond donors (Lipinski definition) is 1. The maximum absolute atomic E-state index is 5.78. The first-order chi connectivity index (χ1) is 7.61. The van der Waals surface area contributed by atoms with Crippen LogP contribution in [-0.2, 0) is 4.74 Å². The molecule has 1 aliphatic carbocycles. The van der Waals surface area contributed by atoms with Crippen LogP contribution in [0.4, 0.5) is 0 Å². The molecule has 1 atom stereocenters. The van der Waals surface area contributed by atoms with Crippen LogP contribution in [0.2, 0.25) is 0 Å². The summed E-state index contributed by atoms with van der Waals surface area (Å²) in [6.07, 6.45) is 2.86. The lowest BCUT2D eigenvalue weighted by atomic mass is 10.1. The summed E-state index contributed by atoms with van der Waals surface area (Å²) in [6, 6.07) is 0.742. The van der Waals surface area contributed by atoms with E-state index in [4.69, 9.17) is 4.74 Å². The lowest BCUT2D eigenvalue weighted by molar-refractivity contribution is -0.0388. The Morgan fingerprint density at radius 3 is 2.75 bits per heavy atom. The zero-order valence-electron chi connectivity index (χ0n) is 11.0. The number of hydrogen-bond acceptors (Lipinski definition) is 3. The van der Waals surface area contributed by atoms with Gasteiger partial charge in [-0.25, -0.2) is 0 Å². The van der Waals surface area contributed by atoms with E-state index < -0.39 is 0 Å². The summed E-state index contributed by atoms with van der Waals surface area (Å²) in [5.41, 5.74) is 0.000189. The molecule has 0 amide bonds. The molecular weight excluding hydrogens is 200 g/mol. The van der Waals surface area contributed by atoms with Gasteiger partial charge in [0.15, 0.2) is 0 Å². The number of ether oxygens (including phenoxy) is 1. The summed E-state index contributed by atoms with van der Waals surface area (Å²) in [5, 5.41) is 3.65. The van der Waals surface area contributed by atoms with Gasteiger partial charge in [-0.15, -0.1) is 0 Å². The molecule has 0 spiro atoms. The lowest BCUT2D eigenvalue weighted by Gasteiger charge is -2.38. The first-order valence-corrected chi connectivity index (χ1v) is 6.70. The van der Waals surface area contributed by atoms with Crippen molar-refractivity contribution in [2.45, 2.75) is 45.3 Å². The number of piperazine rings is 1. The van der Waals surface area contributed by atoms with Gasteiger partial charge in [0.25, 0.3) is 0 Å². The van der Waals surface area contributed by atoms with Crippen LogP contribution < -0.4 is 5.32 Å². The number of nitrogens with one attached hydrogen (secondary N) is 1. The molecule has 0 aromatic carbocycles. The van der Waals surface area contributed by atoms with Gasteiger partial charge in [-0.05, 0) is 39.5 Å². The molecule has 0 radical (unpaired) electrons. The smallest absolute Gasteiger partial charge is 0.0752 e. The first kappa shape index (κ1) is 12.3. The van der Waals surface area contributed by atoms with Gasteiger partial charge < -0.3 is 10.1 Å². The van der Waals surface area contributed by atoms with Crippen molar-refractivity contribution >= 4 is 0 Å². The third-order valence-corrected chi connectivity index (χ3v) is 3.62. The van der Waals surface area contributed by atoms with Crippen molar-refractivity contribution in [2.75, 3.05) is 32.8 Å². The topological polar surface area (TPSA) is 24.5 Å². The minimum Gasteiger partial charge on any atom is -0.375 e. The molecule has 1 heterocycles. The molecule has 1 N–H and O–H groups in total. The van der Waals surface area contributed by atoms with Crippen LogP contribution in [-0.4, -0.2) is 49.3 Å². The molecule has 0 bridgehead atoms. The fraction of sp³-hybridized carbons (Fsp3) is 1.00. The molecule has 1 saturated heterocycles. The van der Waals surface area contributed by atoms with Gasteiger partial charge >= 0.3 is 0 Å². The fourth-order valence-corrected chi connectivity index (χ4v) is 2.77. The van der Waals surface area contributed by atoms with Gasteiger partial charge in [-0.3, -0.25) is 4.90 Å². The molecule has 94 valence electrons. The summed E-state index contributed by atoms with van der Waals surface area (Å²) < 4.78 is 5.78. The second-order valence-corrected chi connectivity index (χ2v) is 5.83. The first-order valence-electron chi connectivity index (χ1n) is 6.70. The molecule has 2 aliphatic rings. The molecule has 16 heavy (non-hydrogen) atoms. The van der Waals surface area contributed by atoms with Crippen molar-refractivity contribution in [1.29, 1.82) is 0 Å². The minimum atomic E-state index is 0.000189. The van der Waals surface area contributed by atoms with Crippen molar-refractivity contribution in [3.05, 3.63) is 0 Å². The van der Waals surface area contributed by atoms with Gasteiger partial charge in [0.1, 0.15) is 0 Å². The highest BCUT2D eigenvalue weighted by atomic mass is 16.5. The van der Waals surface area contributed by atoms with Crippen LogP contribution in [0.5, 0.6) is 0 Å². The Kier molecular flexibility index (Phi) is 3.88. The van der Waals surface area contributed by atoms with Crippen LogP contribution in [0.15, 0.2) is 0 Å². The van der Waals surface area contributed by atoms with Gasteiger partial charge in [0, 0.05) is 38.8 Å².